The van der Waals surface area contributed by atoms with E-state index in [1.54, 1.807) is 5.38 Å². The molecule has 1 aromatic heterocycles. The van der Waals surface area contributed by atoms with E-state index >= 15 is 0 Å². The lowest BCUT2D eigenvalue weighted by molar-refractivity contribution is 0.0698. The van der Waals surface area contributed by atoms with E-state index in [2.05, 4.69) is 17.6 Å². The third-order valence-electron chi connectivity index (χ3n) is 3.40. The number of urea groups is 1. The SMILES string of the molecule is CCC1OCCC1CNC(=O)Nc1sccc1C(=O)O. The fourth-order valence-electron chi connectivity index (χ4n) is 2.32. The summed E-state index contributed by atoms with van der Waals surface area (Å²) in [6.07, 6.45) is 2.08. The van der Waals surface area contributed by atoms with Crippen molar-refractivity contribution >= 4 is 28.3 Å². The minimum absolute atomic E-state index is 0.112. The molecule has 2 heterocycles. The van der Waals surface area contributed by atoms with E-state index in [1.807, 2.05) is 0 Å². The van der Waals surface area contributed by atoms with Crippen molar-refractivity contribution in [2.75, 3.05) is 18.5 Å². The first-order chi connectivity index (χ1) is 9.61. The Balaban J connectivity index is 1.83. The zero-order valence-corrected chi connectivity index (χ0v) is 12.0. The Morgan fingerprint density at radius 1 is 1.55 bits per heavy atom. The monoisotopic (exact) mass is 298 g/mol. The number of carboxylic acid groups (broad SMARTS) is 1. The highest BCUT2D eigenvalue weighted by molar-refractivity contribution is 7.14. The molecule has 0 aromatic carbocycles. The normalized spacial score (nSPS) is 21.6. The summed E-state index contributed by atoms with van der Waals surface area (Å²) in [5.41, 5.74) is 0.112. The van der Waals surface area contributed by atoms with Crippen molar-refractivity contribution in [2.24, 2.45) is 5.92 Å². The number of anilines is 1. The van der Waals surface area contributed by atoms with Crippen LogP contribution in [0.15, 0.2) is 11.4 Å². The summed E-state index contributed by atoms with van der Waals surface area (Å²) in [5, 5.41) is 16.3. The van der Waals surface area contributed by atoms with Crippen LogP contribution in [0.2, 0.25) is 0 Å². The standard InChI is InChI=1S/C13H18N2O4S/c1-2-10-8(3-5-19-10)7-14-13(18)15-11-9(12(16)17)4-6-20-11/h4,6,8,10H,2-3,5,7H2,1H3,(H,16,17)(H2,14,15,18). The lowest BCUT2D eigenvalue weighted by atomic mass is 10.00. The van der Waals surface area contributed by atoms with Crippen LogP contribution in [-0.2, 0) is 4.74 Å². The van der Waals surface area contributed by atoms with Crippen LogP contribution in [0.3, 0.4) is 0 Å². The van der Waals surface area contributed by atoms with E-state index in [0.717, 1.165) is 19.4 Å². The molecule has 1 aliphatic rings. The first-order valence-corrected chi connectivity index (χ1v) is 7.47. The maximum absolute atomic E-state index is 11.8. The van der Waals surface area contributed by atoms with Gasteiger partial charge in [-0.3, -0.25) is 5.32 Å². The van der Waals surface area contributed by atoms with Crippen LogP contribution < -0.4 is 10.6 Å². The number of aromatic carboxylic acids is 1. The third kappa shape index (κ3) is 3.49. The average Bonchev–Trinajstić information content (AvgIpc) is 3.04. The van der Waals surface area contributed by atoms with E-state index in [9.17, 15) is 9.59 Å². The molecule has 20 heavy (non-hydrogen) atoms. The molecule has 2 unspecified atom stereocenters. The van der Waals surface area contributed by atoms with Gasteiger partial charge in [-0.15, -0.1) is 11.3 Å². The Kier molecular flexibility index (Phi) is 4.97. The number of hydrogen-bond donors (Lipinski definition) is 3. The Labute approximate surface area is 121 Å². The predicted octanol–water partition coefficient (Wildman–Crippen LogP) is 2.38. The maximum atomic E-state index is 11.8. The highest BCUT2D eigenvalue weighted by atomic mass is 32.1. The fraction of sp³-hybridized carbons (Fsp3) is 0.538. The van der Waals surface area contributed by atoms with Crippen LogP contribution in [0.5, 0.6) is 0 Å². The van der Waals surface area contributed by atoms with Crippen LogP contribution in [0.1, 0.15) is 30.1 Å². The molecule has 7 heteroatoms. The molecule has 1 aromatic rings. The molecule has 1 saturated heterocycles. The summed E-state index contributed by atoms with van der Waals surface area (Å²) in [4.78, 5) is 22.7. The summed E-state index contributed by atoms with van der Waals surface area (Å²) >= 11 is 1.19. The molecule has 2 amide bonds. The van der Waals surface area contributed by atoms with Crippen molar-refractivity contribution in [1.82, 2.24) is 5.32 Å². The lowest BCUT2D eigenvalue weighted by Crippen LogP contribution is -2.35. The molecule has 1 fully saturated rings. The number of thiophene rings is 1. The van der Waals surface area contributed by atoms with E-state index in [4.69, 9.17) is 9.84 Å². The zero-order chi connectivity index (χ0) is 14.5. The molecule has 0 radical (unpaired) electrons. The van der Waals surface area contributed by atoms with Gasteiger partial charge in [0.1, 0.15) is 5.00 Å². The largest absolute Gasteiger partial charge is 0.478 e. The predicted molar refractivity (Wildman–Crippen MR) is 76.4 cm³/mol. The van der Waals surface area contributed by atoms with Crippen molar-refractivity contribution in [2.45, 2.75) is 25.9 Å². The number of ether oxygens (including phenoxy) is 1. The molecule has 110 valence electrons. The first-order valence-electron chi connectivity index (χ1n) is 6.59. The van der Waals surface area contributed by atoms with Crippen LogP contribution >= 0.6 is 11.3 Å². The third-order valence-corrected chi connectivity index (χ3v) is 4.23. The molecular formula is C13H18N2O4S. The van der Waals surface area contributed by atoms with E-state index < -0.39 is 5.97 Å². The van der Waals surface area contributed by atoms with Crippen LogP contribution in [0.4, 0.5) is 9.80 Å². The van der Waals surface area contributed by atoms with Gasteiger partial charge in [-0.1, -0.05) is 6.92 Å². The second-order valence-corrected chi connectivity index (χ2v) is 5.59. The van der Waals surface area contributed by atoms with E-state index in [0.29, 0.717) is 17.5 Å². The number of hydrogen-bond acceptors (Lipinski definition) is 4. The molecule has 0 bridgehead atoms. The second-order valence-electron chi connectivity index (χ2n) is 4.67. The molecule has 0 saturated carbocycles. The maximum Gasteiger partial charge on any atom is 0.338 e. The zero-order valence-electron chi connectivity index (χ0n) is 11.2. The van der Waals surface area contributed by atoms with Gasteiger partial charge in [0.2, 0.25) is 0 Å². The number of nitrogens with one attached hydrogen (secondary N) is 2. The molecule has 2 rings (SSSR count). The van der Waals surface area contributed by atoms with Gasteiger partial charge in [0.05, 0.1) is 11.7 Å². The Morgan fingerprint density at radius 2 is 2.35 bits per heavy atom. The van der Waals surface area contributed by atoms with Crippen LogP contribution in [0, 0.1) is 5.92 Å². The van der Waals surface area contributed by atoms with Gasteiger partial charge in [-0.05, 0) is 24.3 Å². The quantitative estimate of drug-likeness (QED) is 0.779. The van der Waals surface area contributed by atoms with Crippen LogP contribution in [0.25, 0.3) is 0 Å². The molecule has 0 spiro atoms. The molecule has 6 nitrogen and oxygen atoms in total. The number of carboxylic acids is 1. The highest BCUT2D eigenvalue weighted by Gasteiger charge is 2.27. The number of carbonyl (C=O) groups is 2. The summed E-state index contributed by atoms with van der Waals surface area (Å²) in [5.74, 6) is -0.718. The summed E-state index contributed by atoms with van der Waals surface area (Å²) in [6.45, 7) is 3.34. The molecule has 2 atom stereocenters. The minimum Gasteiger partial charge on any atom is -0.478 e. The number of carbonyl (C=O) groups excluding carboxylic acids is 1. The Morgan fingerprint density at radius 3 is 3.05 bits per heavy atom. The van der Waals surface area contributed by atoms with Crippen molar-refractivity contribution in [3.63, 3.8) is 0 Å². The summed E-state index contributed by atoms with van der Waals surface area (Å²) in [7, 11) is 0. The van der Waals surface area contributed by atoms with Gasteiger partial charge in [0, 0.05) is 19.1 Å². The minimum atomic E-state index is -1.04. The number of amides is 2. The van der Waals surface area contributed by atoms with Crippen molar-refractivity contribution in [1.29, 1.82) is 0 Å². The van der Waals surface area contributed by atoms with Gasteiger partial charge < -0.3 is 15.2 Å². The number of rotatable bonds is 5. The van der Waals surface area contributed by atoms with Gasteiger partial charge in [0.25, 0.3) is 0 Å². The highest BCUT2D eigenvalue weighted by Crippen LogP contribution is 2.24. The molecule has 3 N–H and O–H groups in total. The van der Waals surface area contributed by atoms with Gasteiger partial charge in [-0.2, -0.15) is 0 Å². The Hall–Kier alpha value is -1.60. The van der Waals surface area contributed by atoms with Gasteiger partial charge >= 0.3 is 12.0 Å². The molecule has 1 aliphatic heterocycles. The topological polar surface area (TPSA) is 87.7 Å². The smallest absolute Gasteiger partial charge is 0.338 e. The van der Waals surface area contributed by atoms with Crippen LogP contribution in [-0.4, -0.2) is 36.4 Å². The van der Waals surface area contributed by atoms with Crippen molar-refractivity contribution in [3.05, 3.63) is 17.0 Å². The van der Waals surface area contributed by atoms with Gasteiger partial charge in [-0.25, -0.2) is 9.59 Å². The van der Waals surface area contributed by atoms with Crippen molar-refractivity contribution in [3.8, 4) is 0 Å². The second kappa shape index (κ2) is 6.71. The Bertz CT molecular complexity index is 488. The first kappa shape index (κ1) is 14.8. The van der Waals surface area contributed by atoms with Crippen molar-refractivity contribution < 1.29 is 19.4 Å². The summed E-state index contributed by atoms with van der Waals surface area (Å²) < 4.78 is 5.56. The lowest BCUT2D eigenvalue weighted by Gasteiger charge is -2.17. The van der Waals surface area contributed by atoms with E-state index in [1.165, 1.54) is 17.4 Å². The fourth-order valence-corrected chi connectivity index (χ4v) is 3.10. The van der Waals surface area contributed by atoms with E-state index in [-0.39, 0.29) is 17.7 Å². The molecular weight excluding hydrogens is 280 g/mol. The average molecular weight is 298 g/mol. The summed E-state index contributed by atoms with van der Waals surface area (Å²) in [6, 6.07) is 1.09. The molecule has 0 aliphatic carbocycles. The van der Waals surface area contributed by atoms with Gasteiger partial charge in [0.15, 0.2) is 0 Å².